The molecule has 0 N–H and O–H groups in total. The number of para-hydroxylation sites is 1. The third-order valence-corrected chi connectivity index (χ3v) is 10.3. The van der Waals surface area contributed by atoms with Crippen molar-refractivity contribution in [1.82, 2.24) is 0 Å². The summed E-state index contributed by atoms with van der Waals surface area (Å²) in [6.45, 7) is 6.81. The molecule has 14 heavy (non-hydrogen) atoms. The van der Waals surface area contributed by atoms with Crippen LogP contribution in [0.2, 0.25) is 5.04 Å². The molecule has 0 saturated carbocycles. The summed E-state index contributed by atoms with van der Waals surface area (Å²) in [5.74, 6) is 1.01. The maximum absolute atomic E-state index is 5.37. The summed E-state index contributed by atoms with van der Waals surface area (Å²) >= 11 is 3.86. The molecule has 0 amide bonds. The lowest BCUT2D eigenvalue weighted by Gasteiger charge is -2.25. The van der Waals surface area contributed by atoms with E-state index in [0.29, 0.717) is 5.04 Å². The van der Waals surface area contributed by atoms with Crippen LogP contribution in [0.4, 0.5) is 0 Å². The normalized spacial score (nSPS) is 13.8. The van der Waals surface area contributed by atoms with E-state index in [0.717, 1.165) is 5.75 Å². The Hall–Kier alpha value is -0.283. The van der Waals surface area contributed by atoms with Crippen molar-refractivity contribution < 1.29 is 4.74 Å². The second-order valence-electron chi connectivity index (χ2n) is 4.47. The Labute approximate surface area is 95.7 Å². The number of rotatable bonds is 2. The largest absolute Gasteiger partial charge is 0.497 e. The van der Waals surface area contributed by atoms with Gasteiger partial charge in [-0.25, -0.2) is 0 Å². The fourth-order valence-corrected chi connectivity index (χ4v) is 4.15. The van der Waals surface area contributed by atoms with Crippen molar-refractivity contribution >= 4 is 27.9 Å². The lowest BCUT2D eigenvalue weighted by Crippen LogP contribution is -2.33. The molecule has 0 heterocycles. The van der Waals surface area contributed by atoms with Crippen LogP contribution in [0, 0.1) is 0 Å². The van der Waals surface area contributed by atoms with Crippen molar-refractivity contribution in [3.05, 3.63) is 24.3 Å². The van der Waals surface area contributed by atoms with Gasteiger partial charge < -0.3 is 4.74 Å². The Morgan fingerprint density at radius 1 is 1.21 bits per heavy atom. The molecule has 1 unspecified atom stereocenters. The minimum Gasteiger partial charge on any atom is -0.497 e. The van der Waals surface area contributed by atoms with Gasteiger partial charge in [0.15, 0.2) is 7.42 Å². The molecule has 0 radical (unpaired) electrons. The Morgan fingerprint density at radius 2 is 1.79 bits per heavy atom. The summed E-state index contributed by atoms with van der Waals surface area (Å²) < 4.78 is 5.37. The molecular formula is C11H17BrOSi. The van der Waals surface area contributed by atoms with Gasteiger partial charge in [0.1, 0.15) is 5.75 Å². The highest BCUT2D eigenvalue weighted by Crippen LogP contribution is 2.31. The van der Waals surface area contributed by atoms with Gasteiger partial charge >= 0.3 is 0 Å². The van der Waals surface area contributed by atoms with E-state index < -0.39 is 7.42 Å². The van der Waals surface area contributed by atoms with Crippen LogP contribution in [0.15, 0.2) is 24.3 Å². The monoisotopic (exact) mass is 272 g/mol. The van der Waals surface area contributed by atoms with Crippen molar-refractivity contribution in [3.8, 4) is 5.75 Å². The minimum atomic E-state index is -1.12. The maximum atomic E-state index is 5.37. The molecule has 0 saturated heterocycles. The predicted molar refractivity (Wildman–Crippen MR) is 68.4 cm³/mol. The van der Waals surface area contributed by atoms with E-state index in [2.05, 4.69) is 48.2 Å². The van der Waals surface area contributed by atoms with Gasteiger partial charge in [-0.1, -0.05) is 39.0 Å². The Morgan fingerprint density at radius 3 is 2.29 bits per heavy atom. The molecule has 1 rings (SSSR count). The smallest absolute Gasteiger partial charge is 0.155 e. The summed E-state index contributed by atoms with van der Waals surface area (Å²) in [4.78, 5) is 0. The van der Waals surface area contributed by atoms with Gasteiger partial charge in [0, 0.05) is 0 Å². The number of hydrogen-bond donors (Lipinski definition) is 0. The molecule has 1 nitrogen and oxygen atoms in total. The molecule has 0 aliphatic rings. The van der Waals surface area contributed by atoms with Gasteiger partial charge in [-0.15, -0.1) is 15.3 Å². The van der Waals surface area contributed by atoms with Crippen LogP contribution in [0.3, 0.4) is 0 Å². The zero-order chi connectivity index (χ0) is 10.8. The van der Waals surface area contributed by atoms with Crippen LogP contribution >= 0.6 is 15.3 Å². The van der Waals surface area contributed by atoms with Crippen molar-refractivity contribution in [1.29, 1.82) is 0 Å². The Kier molecular flexibility index (Phi) is 3.78. The number of methoxy groups -OCH3 is 1. The SMILES string of the molecule is COc1ccccc1[SiH](Br)C(C)(C)C. The number of benzene rings is 1. The van der Waals surface area contributed by atoms with E-state index in [1.807, 2.05) is 12.1 Å². The molecule has 0 aliphatic carbocycles. The average molecular weight is 273 g/mol. The van der Waals surface area contributed by atoms with Crippen LogP contribution in [-0.2, 0) is 0 Å². The third kappa shape index (κ3) is 2.61. The number of hydrogen-bond acceptors (Lipinski definition) is 1. The Bertz CT molecular complexity index is 306. The first-order valence-electron chi connectivity index (χ1n) is 4.74. The average Bonchev–Trinajstić information content (AvgIpc) is 2.15. The molecule has 78 valence electrons. The highest BCUT2D eigenvalue weighted by Gasteiger charge is 2.27. The Balaban J connectivity index is 3.06. The van der Waals surface area contributed by atoms with Gasteiger partial charge in [-0.2, -0.15) is 0 Å². The first-order chi connectivity index (χ1) is 6.46. The van der Waals surface area contributed by atoms with E-state index >= 15 is 0 Å². The molecule has 0 aromatic heterocycles. The zero-order valence-electron chi connectivity index (χ0n) is 9.17. The molecule has 0 bridgehead atoms. The topological polar surface area (TPSA) is 9.23 Å². The fraction of sp³-hybridized carbons (Fsp3) is 0.455. The van der Waals surface area contributed by atoms with E-state index in [1.54, 1.807) is 7.11 Å². The summed E-state index contributed by atoms with van der Waals surface area (Å²) in [6.07, 6.45) is 0. The first kappa shape index (κ1) is 11.8. The molecule has 0 aliphatic heterocycles. The second kappa shape index (κ2) is 4.49. The number of halogens is 1. The summed E-state index contributed by atoms with van der Waals surface area (Å²) in [7, 11) is 0.614. The fourth-order valence-electron chi connectivity index (χ4n) is 1.34. The lowest BCUT2D eigenvalue weighted by molar-refractivity contribution is 0.418. The molecule has 3 heteroatoms. The van der Waals surface area contributed by atoms with E-state index in [4.69, 9.17) is 4.74 Å². The van der Waals surface area contributed by atoms with Crippen LogP contribution in [0.5, 0.6) is 5.75 Å². The second-order valence-corrected chi connectivity index (χ2v) is 10.3. The molecule has 1 aromatic carbocycles. The summed E-state index contributed by atoms with van der Waals surface area (Å²) in [6, 6.07) is 8.28. The maximum Gasteiger partial charge on any atom is 0.155 e. The summed E-state index contributed by atoms with van der Waals surface area (Å²) in [5.41, 5.74) is 0. The molecular weight excluding hydrogens is 256 g/mol. The van der Waals surface area contributed by atoms with Gasteiger partial charge in [0.25, 0.3) is 0 Å². The van der Waals surface area contributed by atoms with Gasteiger partial charge in [0.05, 0.1) is 7.11 Å². The van der Waals surface area contributed by atoms with Crippen LogP contribution in [-0.4, -0.2) is 14.5 Å². The van der Waals surface area contributed by atoms with Crippen LogP contribution in [0.1, 0.15) is 20.8 Å². The molecule has 0 fully saturated rings. The third-order valence-electron chi connectivity index (χ3n) is 2.17. The van der Waals surface area contributed by atoms with Crippen molar-refractivity contribution in [2.45, 2.75) is 25.8 Å². The van der Waals surface area contributed by atoms with Gasteiger partial charge in [-0.05, 0) is 16.3 Å². The highest BCUT2D eigenvalue weighted by atomic mass is 79.9. The highest BCUT2D eigenvalue weighted by molar-refractivity contribution is 9.25. The molecule has 1 aromatic rings. The standard InChI is InChI=1S/C11H17BrOSi/c1-11(2,3)14(12)10-8-6-5-7-9(10)13-4/h5-8,14H,1-4H3. The number of ether oxygens (including phenoxy) is 1. The van der Waals surface area contributed by atoms with Crippen molar-refractivity contribution in [3.63, 3.8) is 0 Å². The van der Waals surface area contributed by atoms with Gasteiger partial charge in [-0.3, -0.25) is 0 Å². The predicted octanol–water partition coefficient (Wildman–Crippen LogP) is 2.82. The summed E-state index contributed by atoms with van der Waals surface area (Å²) in [5, 5.41) is 1.68. The van der Waals surface area contributed by atoms with Crippen LogP contribution < -0.4 is 9.92 Å². The quantitative estimate of drug-likeness (QED) is 0.594. The van der Waals surface area contributed by atoms with Crippen molar-refractivity contribution in [2.75, 3.05) is 7.11 Å². The minimum absolute atomic E-state index is 0.328. The molecule has 0 spiro atoms. The first-order valence-corrected chi connectivity index (χ1v) is 9.07. The van der Waals surface area contributed by atoms with Gasteiger partial charge in [0.2, 0.25) is 0 Å². The molecule has 1 atom stereocenters. The van der Waals surface area contributed by atoms with Crippen LogP contribution in [0.25, 0.3) is 0 Å². The van der Waals surface area contributed by atoms with E-state index in [9.17, 15) is 0 Å². The van der Waals surface area contributed by atoms with E-state index in [1.165, 1.54) is 5.19 Å². The van der Waals surface area contributed by atoms with Crippen molar-refractivity contribution in [2.24, 2.45) is 0 Å². The zero-order valence-corrected chi connectivity index (χ0v) is 11.9. The van der Waals surface area contributed by atoms with E-state index in [-0.39, 0.29) is 0 Å². The lowest BCUT2D eigenvalue weighted by atomic mass is 10.2.